The third-order valence-corrected chi connectivity index (χ3v) is 7.92. The van der Waals surface area contributed by atoms with Gasteiger partial charge in [-0.15, -0.1) is 35.3 Å². The molecule has 0 spiro atoms. The lowest BCUT2D eigenvalue weighted by Gasteiger charge is -2.33. The normalized spacial score (nSPS) is 23.7. The summed E-state index contributed by atoms with van der Waals surface area (Å²) in [5.74, 6) is 2.56. The molecule has 1 atom stereocenters. The van der Waals surface area contributed by atoms with E-state index >= 15 is 0 Å². The molecular weight excluding hydrogens is 481 g/mol. The van der Waals surface area contributed by atoms with Crippen LogP contribution in [0.25, 0.3) is 0 Å². The molecule has 0 radical (unpaired) electrons. The summed E-state index contributed by atoms with van der Waals surface area (Å²) in [6.07, 6.45) is 4.15. The Labute approximate surface area is 178 Å². The number of nitrogens with one attached hydrogen (secondary N) is 1. The summed E-state index contributed by atoms with van der Waals surface area (Å²) >= 11 is 1.78. The van der Waals surface area contributed by atoms with E-state index in [1.165, 1.54) is 17.7 Å². The van der Waals surface area contributed by atoms with Crippen LogP contribution in [0.2, 0.25) is 0 Å². The standard InChI is InChI=1S/C18H29N3O2S2.HI/c1-15-5-9-21(10-6-15)18(19-8-4-17-3-2-11-24-17)20-13-16-7-12-25(22,23)14-16;/h2-3,11,15-16H,4-10,12-14H2,1H3,(H,19,20);1H. The molecule has 0 amide bonds. The molecule has 26 heavy (non-hydrogen) atoms. The minimum atomic E-state index is -2.82. The van der Waals surface area contributed by atoms with Crippen LogP contribution in [0.5, 0.6) is 0 Å². The molecule has 1 unspecified atom stereocenters. The number of piperidine rings is 1. The third kappa shape index (κ3) is 6.67. The molecule has 2 aliphatic heterocycles. The van der Waals surface area contributed by atoms with Crippen molar-refractivity contribution in [3.05, 3.63) is 22.4 Å². The minimum Gasteiger partial charge on any atom is -0.356 e. The number of aliphatic imine (C=N–C) groups is 1. The molecule has 5 nitrogen and oxygen atoms in total. The topological polar surface area (TPSA) is 61.8 Å². The molecule has 2 aliphatic rings. The van der Waals surface area contributed by atoms with Crippen molar-refractivity contribution in [2.75, 3.05) is 37.7 Å². The van der Waals surface area contributed by atoms with Crippen molar-refractivity contribution in [2.24, 2.45) is 16.8 Å². The Morgan fingerprint density at radius 3 is 2.73 bits per heavy atom. The molecule has 1 aromatic rings. The molecule has 1 aromatic heterocycles. The van der Waals surface area contributed by atoms with E-state index < -0.39 is 9.84 Å². The highest BCUT2D eigenvalue weighted by atomic mass is 127. The summed E-state index contributed by atoms with van der Waals surface area (Å²) in [4.78, 5) is 8.53. The van der Waals surface area contributed by atoms with Gasteiger partial charge in [0.2, 0.25) is 0 Å². The van der Waals surface area contributed by atoms with Crippen LogP contribution in [0.4, 0.5) is 0 Å². The van der Waals surface area contributed by atoms with Gasteiger partial charge in [-0.2, -0.15) is 0 Å². The SMILES string of the molecule is CC1CCN(C(=NCC2CCS(=O)(=O)C2)NCCc2cccs2)CC1.I. The Bertz CT molecular complexity index is 669. The number of sulfone groups is 1. The van der Waals surface area contributed by atoms with Gasteiger partial charge in [-0.05, 0) is 49.0 Å². The second-order valence-corrected chi connectivity index (χ2v) is 10.6. The molecule has 2 fully saturated rings. The van der Waals surface area contributed by atoms with Gasteiger partial charge in [-0.1, -0.05) is 13.0 Å². The van der Waals surface area contributed by atoms with Gasteiger partial charge in [0.25, 0.3) is 0 Å². The highest BCUT2D eigenvalue weighted by Gasteiger charge is 2.28. The lowest BCUT2D eigenvalue weighted by molar-refractivity contribution is 0.273. The predicted octanol–water partition coefficient (Wildman–Crippen LogP) is 3.02. The zero-order chi connectivity index (χ0) is 17.7. The maximum atomic E-state index is 11.7. The first-order chi connectivity index (χ1) is 12.0. The van der Waals surface area contributed by atoms with Gasteiger partial charge in [0.05, 0.1) is 11.5 Å². The molecule has 0 aliphatic carbocycles. The largest absolute Gasteiger partial charge is 0.356 e. The zero-order valence-electron chi connectivity index (χ0n) is 15.4. The molecule has 1 N–H and O–H groups in total. The summed E-state index contributed by atoms with van der Waals surface area (Å²) in [6, 6.07) is 4.25. The fourth-order valence-electron chi connectivity index (χ4n) is 3.47. The average Bonchev–Trinajstić information content (AvgIpc) is 3.21. The van der Waals surface area contributed by atoms with Crippen molar-refractivity contribution in [1.29, 1.82) is 0 Å². The first-order valence-electron chi connectivity index (χ1n) is 9.28. The van der Waals surface area contributed by atoms with Crippen LogP contribution in [0, 0.1) is 11.8 Å². The molecular formula is C18H30IN3O2S2. The van der Waals surface area contributed by atoms with Gasteiger partial charge in [-0.25, -0.2) is 8.42 Å². The number of halogens is 1. The van der Waals surface area contributed by atoms with Gasteiger partial charge >= 0.3 is 0 Å². The number of hydrogen-bond donors (Lipinski definition) is 1. The Hall–Kier alpha value is -0.350. The Kier molecular flexibility index (Phi) is 8.66. The Morgan fingerprint density at radius 1 is 1.35 bits per heavy atom. The van der Waals surface area contributed by atoms with Crippen LogP contribution in [-0.2, 0) is 16.3 Å². The molecule has 148 valence electrons. The number of thiophene rings is 1. The van der Waals surface area contributed by atoms with Crippen LogP contribution in [0.3, 0.4) is 0 Å². The van der Waals surface area contributed by atoms with Crippen molar-refractivity contribution in [3.63, 3.8) is 0 Å². The first kappa shape index (κ1) is 21.9. The summed E-state index contributed by atoms with van der Waals surface area (Å²) in [5, 5.41) is 5.63. The Morgan fingerprint density at radius 2 is 2.12 bits per heavy atom. The van der Waals surface area contributed by atoms with E-state index in [-0.39, 0.29) is 29.9 Å². The third-order valence-electron chi connectivity index (χ3n) is 5.14. The molecule has 3 rings (SSSR count). The molecule has 2 saturated heterocycles. The second kappa shape index (κ2) is 10.3. The lowest BCUT2D eigenvalue weighted by Crippen LogP contribution is -2.46. The highest BCUT2D eigenvalue weighted by molar-refractivity contribution is 14.0. The van der Waals surface area contributed by atoms with E-state index in [9.17, 15) is 8.42 Å². The van der Waals surface area contributed by atoms with Crippen molar-refractivity contribution in [1.82, 2.24) is 10.2 Å². The van der Waals surface area contributed by atoms with Crippen molar-refractivity contribution >= 4 is 51.1 Å². The highest BCUT2D eigenvalue weighted by Crippen LogP contribution is 2.20. The molecule has 0 aromatic carbocycles. The minimum absolute atomic E-state index is 0. The average molecular weight is 511 g/mol. The molecule has 3 heterocycles. The maximum absolute atomic E-state index is 11.7. The first-order valence-corrected chi connectivity index (χ1v) is 12.0. The van der Waals surface area contributed by atoms with E-state index in [2.05, 4.69) is 34.7 Å². The quantitative estimate of drug-likeness (QED) is 0.375. The van der Waals surface area contributed by atoms with Gasteiger partial charge in [0.15, 0.2) is 15.8 Å². The van der Waals surface area contributed by atoms with Crippen LogP contribution >= 0.6 is 35.3 Å². The van der Waals surface area contributed by atoms with Gasteiger partial charge < -0.3 is 10.2 Å². The number of rotatable bonds is 5. The monoisotopic (exact) mass is 511 g/mol. The zero-order valence-corrected chi connectivity index (χ0v) is 19.4. The van der Waals surface area contributed by atoms with E-state index in [1.54, 1.807) is 11.3 Å². The smallest absolute Gasteiger partial charge is 0.193 e. The lowest BCUT2D eigenvalue weighted by atomic mass is 9.99. The van der Waals surface area contributed by atoms with Gasteiger partial charge in [0.1, 0.15) is 0 Å². The number of nitrogens with zero attached hydrogens (tertiary/aromatic N) is 2. The van der Waals surface area contributed by atoms with E-state index in [1.807, 2.05) is 0 Å². The van der Waals surface area contributed by atoms with E-state index in [0.717, 1.165) is 44.4 Å². The van der Waals surface area contributed by atoms with Gasteiger partial charge in [-0.3, -0.25) is 4.99 Å². The van der Waals surface area contributed by atoms with Gasteiger partial charge in [0, 0.05) is 31.1 Å². The van der Waals surface area contributed by atoms with Crippen molar-refractivity contribution < 1.29 is 8.42 Å². The predicted molar refractivity (Wildman–Crippen MR) is 120 cm³/mol. The van der Waals surface area contributed by atoms with Crippen LogP contribution in [0.15, 0.2) is 22.5 Å². The van der Waals surface area contributed by atoms with Crippen LogP contribution in [-0.4, -0.2) is 57.0 Å². The number of hydrogen-bond acceptors (Lipinski definition) is 4. The fourth-order valence-corrected chi connectivity index (χ4v) is 6.03. The number of guanidine groups is 1. The van der Waals surface area contributed by atoms with Crippen LogP contribution in [0.1, 0.15) is 31.1 Å². The van der Waals surface area contributed by atoms with Crippen molar-refractivity contribution in [3.8, 4) is 0 Å². The summed E-state index contributed by atoms with van der Waals surface area (Å²) < 4.78 is 23.3. The van der Waals surface area contributed by atoms with E-state index in [4.69, 9.17) is 4.99 Å². The maximum Gasteiger partial charge on any atom is 0.193 e. The fraction of sp³-hybridized carbons (Fsp3) is 0.722. The summed E-state index contributed by atoms with van der Waals surface area (Å²) in [6.45, 7) is 5.87. The second-order valence-electron chi connectivity index (χ2n) is 7.36. The summed E-state index contributed by atoms with van der Waals surface area (Å²) in [5.41, 5.74) is 0. The molecule has 0 bridgehead atoms. The van der Waals surface area contributed by atoms with Crippen LogP contribution < -0.4 is 5.32 Å². The number of likely N-dealkylation sites (tertiary alicyclic amines) is 1. The summed E-state index contributed by atoms with van der Waals surface area (Å²) in [7, 11) is -2.82. The molecule has 0 saturated carbocycles. The Balaban J connectivity index is 0.00000243. The van der Waals surface area contributed by atoms with E-state index in [0.29, 0.717) is 18.1 Å². The molecule has 8 heteroatoms. The van der Waals surface area contributed by atoms with Crippen molar-refractivity contribution in [2.45, 2.75) is 32.6 Å².